The molecule has 1 aliphatic carbocycles. The number of hydrogen-bond acceptors (Lipinski definition) is 4. The lowest BCUT2D eigenvalue weighted by Gasteiger charge is -2.28. The zero-order chi connectivity index (χ0) is 16.1. The van der Waals surface area contributed by atoms with Gasteiger partial charge in [0.15, 0.2) is 0 Å². The van der Waals surface area contributed by atoms with Gasteiger partial charge in [-0.3, -0.25) is 0 Å². The lowest BCUT2D eigenvalue weighted by atomic mass is 9.92. The summed E-state index contributed by atoms with van der Waals surface area (Å²) in [4.78, 5) is 0. The summed E-state index contributed by atoms with van der Waals surface area (Å²) in [6.07, 6.45) is 6.18. The van der Waals surface area contributed by atoms with Crippen LogP contribution in [-0.4, -0.2) is 20.5 Å². The average molecular weight is 358 g/mol. The summed E-state index contributed by atoms with van der Waals surface area (Å²) < 4.78 is 27.1. The van der Waals surface area contributed by atoms with Crippen molar-refractivity contribution in [2.45, 2.75) is 49.8 Å². The van der Waals surface area contributed by atoms with E-state index in [1.807, 2.05) is 6.07 Å². The van der Waals surface area contributed by atoms with Crippen LogP contribution in [0.25, 0.3) is 0 Å². The first-order chi connectivity index (χ1) is 10.4. The zero-order valence-corrected chi connectivity index (χ0v) is 14.8. The first-order valence-corrected chi connectivity index (χ1v) is 9.33. The Morgan fingerprint density at radius 1 is 1.22 bits per heavy atom. The number of nitrogens with zero attached hydrogens (tertiary/aromatic N) is 1. The molecule has 0 atom stereocenters. The van der Waals surface area contributed by atoms with E-state index in [1.54, 1.807) is 24.3 Å². The summed E-state index contributed by atoms with van der Waals surface area (Å²) in [6.45, 7) is 0.285. The Morgan fingerprint density at radius 2 is 1.87 bits per heavy atom. The normalized spacial score (nSPS) is 17.6. The third-order valence-electron chi connectivity index (χ3n) is 4.16. The van der Waals surface area contributed by atoms with Crippen LogP contribution in [0.5, 0.6) is 0 Å². The maximum atomic E-state index is 12.2. The molecule has 0 unspecified atom stereocenters. The zero-order valence-electron chi connectivity index (χ0n) is 13.1. The van der Waals surface area contributed by atoms with Crippen LogP contribution in [-0.2, 0) is 15.8 Å². The van der Waals surface area contributed by atoms with Gasteiger partial charge >= 0.3 is 0 Å². The lowest BCUT2D eigenvalue weighted by Crippen LogP contribution is -2.49. The minimum atomic E-state index is -3.45. The van der Waals surface area contributed by atoms with Crippen LogP contribution in [0.2, 0.25) is 0 Å². The summed E-state index contributed by atoms with van der Waals surface area (Å²) in [6, 6.07) is 8.68. The maximum Gasteiger partial charge on any atom is 0.215 e. The third-order valence-corrected chi connectivity index (χ3v) is 5.45. The third kappa shape index (κ3) is 6.48. The summed E-state index contributed by atoms with van der Waals surface area (Å²) in [5.41, 5.74) is 6.98. The van der Waals surface area contributed by atoms with Gasteiger partial charge in [-0.15, -0.1) is 12.4 Å². The van der Waals surface area contributed by atoms with Crippen molar-refractivity contribution in [3.8, 4) is 6.07 Å². The first-order valence-electron chi connectivity index (χ1n) is 7.68. The molecule has 0 amide bonds. The SMILES string of the molecule is Cl.N#Cc1cccc(CS(=O)(=O)NCC2(N)CCCCCC2)c1. The quantitative estimate of drug-likeness (QED) is 0.791. The Kier molecular flexibility index (Phi) is 7.49. The Labute approximate surface area is 144 Å². The summed E-state index contributed by atoms with van der Waals surface area (Å²) in [7, 11) is -3.45. The molecule has 1 aromatic carbocycles. The second kappa shape index (κ2) is 8.65. The molecule has 0 saturated heterocycles. The second-order valence-electron chi connectivity index (χ2n) is 6.17. The van der Waals surface area contributed by atoms with Gasteiger partial charge in [-0.1, -0.05) is 37.8 Å². The van der Waals surface area contributed by atoms with Crippen molar-refractivity contribution in [2.75, 3.05) is 6.54 Å². The molecule has 0 heterocycles. The van der Waals surface area contributed by atoms with Crippen LogP contribution < -0.4 is 10.5 Å². The Bertz CT molecular complexity index is 648. The Morgan fingerprint density at radius 3 is 2.48 bits per heavy atom. The van der Waals surface area contributed by atoms with Crippen molar-refractivity contribution in [1.82, 2.24) is 4.72 Å². The van der Waals surface area contributed by atoms with Crippen molar-refractivity contribution < 1.29 is 8.42 Å². The van der Waals surface area contributed by atoms with Gasteiger partial charge < -0.3 is 5.73 Å². The van der Waals surface area contributed by atoms with Gasteiger partial charge in [0.05, 0.1) is 17.4 Å². The van der Waals surface area contributed by atoms with E-state index in [1.165, 1.54) is 12.8 Å². The van der Waals surface area contributed by atoms with E-state index < -0.39 is 15.6 Å². The molecule has 5 nitrogen and oxygen atoms in total. The molecule has 0 aliphatic heterocycles. The van der Waals surface area contributed by atoms with E-state index in [-0.39, 0.29) is 24.7 Å². The fourth-order valence-corrected chi connectivity index (χ4v) is 4.09. The van der Waals surface area contributed by atoms with Crippen LogP contribution in [0.4, 0.5) is 0 Å². The highest BCUT2D eigenvalue weighted by molar-refractivity contribution is 7.88. The molecule has 7 heteroatoms. The van der Waals surface area contributed by atoms with Crippen LogP contribution in [0.15, 0.2) is 24.3 Å². The monoisotopic (exact) mass is 357 g/mol. The summed E-state index contributed by atoms with van der Waals surface area (Å²) in [5.74, 6) is -0.126. The molecular formula is C16H24ClN3O2S. The number of sulfonamides is 1. The van der Waals surface area contributed by atoms with Gasteiger partial charge in [0, 0.05) is 12.1 Å². The minimum absolute atomic E-state index is 0. The number of nitriles is 1. The average Bonchev–Trinajstić information content (AvgIpc) is 2.71. The van der Waals surface area contributed by atoms with Crippen LogP contribution in [0.3, 0.4) is 0 Å². The lowest BCUT2D eigenvalue weighted by molar-refractivity contribution is 0.369. The molecule has 0 bridgehead atoms. The minimum Gasteiger partial charge on any atom is -0.324 e. The van der Waals surface area contributed by atoms with Crippen molar-refractivity contribution in [2.24, 2.45) is 5.73 Å². The van der Waals surface area contributed by atoms with Gasteiger partial charge in [-0.05, 0) is 30.5 Å². The summed E-state index contributed by atoms with van der Waals surface area (Å²) in [5, 5.41) is 8.86. The first kappa shape index (κ1) is 19.9. The maximum absolute atomic E-state index is 12.2. The molecule has 0 aromatic heterocycles. The van der Waals surface area contributed by atoms with Gasteiger partial charge in [-0.25, -0.2) is 13.1 Å². The smallest absolute Gasteiger partial charge is 0.215 e. The number of rotatable bonds is 5. The van der Waals surface area contributed by atoms with Crippen molar-refractivity contribution in [1.29, 1.82) is 5.26 Å². The number of nitrogens with two attached hydrogens (primary N) is 1. The fourth-order valence-electron chi connectivity index (χ4n) is 2.86. The van der Waals surface area contributed by atoms with Crippen molar-refractivity contribution in [3.63, 3.8) is 0 Å². The topological polar surface area (TPSA) is 96.0 Å². The van der Waals surface area contributed by atoms with Crippen molar-refractivity contribution in [3.05, 3.63) is 35.4 Å². The largest absolute Gasteiger partial charge is 0.324 e. The molecule has 1 aliphatic rings. The predicted molar refractivity (Wildman–Crippen MR) is 93.7 cm³/mol. The Balaban J connectivity index is 0.00000264. The van der Waals surface area contributed by atoms with Crippen LogP contribution in [0, 0.1) is 11.3 Å². The molecular weight excluding hydrogens is 334 g/mol. The van der Waals surface area contributed by atoms with Gasteiger partial charge in [0.25, 0.3) is 0 Å². The van der Waals surface area contributed by atoms with Gasteiger partial charge in [0.1, 0.15) is 0 Å². The molecule has 0 radical (unpaired) electrons. The second-order valence-corrected chi connectivity index (χ2v) is 7.98. The molecule has 1 aromatic rings. The van der Waals surface area contributed by atoms with E-state index in [4.69, 9.17) is 11.0 Å². The highest BCUT2D eigenvalue weighted by atomic mass is 35.5. The highest BCUT2D eigenvalue weighted by Gasteiger charge is 2.27. The van der Waals surface area contributed by atoms with Crippen molar-refractivity contribution >= 4 is 22.4 Å². The number of nitrogens with one attached hydrogen (secondary N) is 1. The number of halogens is 1. The summed E-state index contributed by atoms with van der Waals surface area (Å²) >= 11 is 0. The number of hydrogen-bond donors (Lipinski definition) is 2. The molecule has 23 heavy (non-hydrogen) atoms. The molecule has 0 spiro atoms. The van der Waals surface area contributed by atoms with E-state index in [9.17, 15) is 8.42 Å². The molecule has 3 N–H and O–H groups in total. The molecule has 128 valence electrons. The van der Waals surface area contributed by atoms with Crippen LogP contribution in [0.1, 0.15) is 49.7 Å². The predicted octanol–water partition coefficient (Wildman–Crippen LogP) is 2.45. The van der Waals surface area contributed by atoms with Gasteiger partial charge in [-0.2, -0.15) is 5.26 Å². The van der Waals surface area contributed by atoms with E-state index >= 15 is 0 Å². The number of benzene rings is 1. The standard InChI is InChI=1S/C16H23N3O2S.ClH/c17-11-14-6-5-7-15(10-14)12-22(20,21)19-13-16(18)8-3-1-2-4-9-16;/h5-7,10,19H,1-4,8-9,12-13,18H2;1H. The molecule has 1 saturated carbocycles. The van der Waals surface area contributed by atoms with Gasteiger partial charge in [0.2, 0.25) is 10.0 Å². The fraction of sp³-hybridized carbons (Fsp3) is 0.562. The van der Waals surface area contributed by atoms with Crippen LogP contribution >= 0.6 is 12.4 Å². The highest BCUT2D eigenvalue weighted by Crippen LogP contribution is 2.24. The molecule has 2 rings (SSSR count). The van der Waals surface area contributed by atoms with E-state index in [0.29, 0.717) is 11.1 Å². The van der Waals surface area contributed by atoms with E-state index in [2.05, 4.69) is 4.72 Å². The van der Waals surface area contributed by atoms with E-state index in [0.717, 1.165) is 25.7 Å². The molecule has 1 fully saturated rings. The Hall–Kier alpha value is -1.13.